The highest BCUT2D eigenvalue weighted by atomic mass is 16.5. The topological polar surface area (TPSA) is 110 Å². The zero-order valence-corrected chi connectivity index (χ0v) is 17.5. The zero-order valence-electron chi connectivity index (χ0n) is 17.5. The molecule has 0 unspecified atom stereocenters. The summed E-state index contributed by atoms with van der Waals surface area (Å²) in [5.74, 6) is 0.988. The molecule has 0 fully saturated rings. The molecule has 0 aliphatic carbocycles. The number of hydrogen-bond donors (Lipinski definition) is 3. The van der Waals surface area contributed by atoms with Crippen molar-refractivity contribution in [3.8, 4) is 17.0 Å². The van der Waals surface area contributed by atoms with Crippen molar-refractivity contribution >= 4 is 23.4 Å². The van der Waals surface area contributed by atoms with E-state index in [-0.39, 0.29) is 24.4 Å². The van der Waals surface area contributed by atoms with Crippen molar-refractivity contribution in [2.75, 3.05) is 19.0 Å². The molecule has 2 aromatic heterocycles. The number of aromatic nitrogens is 3. The van der Waals surface area contributed by atoms with Crippen molar-refractivity contribution in [1.82, 2.24) is 25.2 Å². The Morgan fingerprint density at radius 1 is 1.17 bits per heavy atom. The predicted octanol–water partition coefficient (Wildman–Crippen LogP) is 2.83. The molecule has 0 spiro atoms. The second kappa shape index (κ2) is 8.81. The number of rotatable bonds is 6. The number of fused-ring (bicyclic) bond motifs is 1. The van der Waals surface area contributed by atoms with E-state index in [1.54, 1.807) is 17.8 Å². The minimum atomic E-state index is -0.435. The van der Waals surface area contributed by atoms with Crippen LogP contribution < -0.4 is 20.7 Å². The van der Waals surface area contributed by atoms with Crippen molar-refractivity contribution in [1.29, 1.82) is 0 Å². The van der Waals surface area contributed by atoms with E-state index in [4.69, 9.17) is 4.74 Å². The third kappa shape index (κ3) is 5.69. The number of nitrogens with one attached hydrogen (secondary N) is 3. The van der Waals surface area contributed by atoms with E-state index < -0.39 is 6.03 Å². The van der Waals surface area contributed by atoms with Gasteiger partial charge in [0.15, 0.2) is 11.5 Å². The average molecular weight is 410 g/mol. The monoisotopic (exact) mass is 410 g/mol. The molecule has 3 amide bonds. The molecular formula is C21H26N6O3. The van der Waals surface area contributed by atoms with Crippen LogP contribution in [0, 0.1) is 0 Å². The second-order valence-corrected chi connectivity index (χ2v) is 7.81. The first-order valence-corrected chi connectivity index (χ1v) is 9.60. The number of imidazole rings is 1. The van der Waals surface area contributed by atoms with Gasteiger partial charge in [0.25, 0.3) is 0 Å². The van der Waals surface area contributed by atoms with Crippen LogP contribution in [0.4, 0.5) is 10.6 Å². The van der Waals surface area contributed by atoms with Crippen LogP contribution in [-0.4, -0.2) is 45.7 Å². The van der Waals surface area contributed by atoms with Crippen LogP contribution in [0.25, 0.3) is 16.9 Å². The Hall–Kier alpha value is -3.62. The summed E-state index contributed by atoms with van der Waals surface area (Å²) in [5, 5.41) is 12.7. The zero-order chi connectivity index (χ0) is 21.7. The fourth-order valence-electron chi connectivity index (χ4n) is 2.81. The van der Waals surface area contributed by atoms with Crippen LogP contribution in [-0.2, 0) is 4.79 Å². The fraction of sp³-hybridized carbons (Fsp3) is 0.333. The highest BCUT2D eigenvalue weighted by Gasteiger charge is 2.14. The summed E-state index contributed by atoms with van der Waals surface area (Å²) in [6.45, 7) is 5.94. The maximum absolute atomic E-state index is 12.1. The van der Waals surface area contributed by atoms with Crippen molar-refractivity contribution in [3.05, 3.63) is 42.6 Å². The van der Waals surface area contributed by atoms with Gasteiger partial charge in [-0.05, 0) is 45.0 Å². The molecule has 0 aliphatic rings. The number of urea groups is 1. The van der Waals surface area contributed by atoms with E-state index in [0.717, 1.165) is 17.0 Å². The van der Waals surface area contributed by atoms with E-state index >= 15 is 0 Å². The quantitative estimate of drug-likeness (QED) is 0.579. The predicted molar refractivity (Wildman–Crippen MR) is 115 cm³/mol. The molecule has 158 valence electrons. The molecule has 1 aromatic carbocycles. The summed E-state index contributed by atoms with van der Waals surface area (Å²) >= 11 is 0. The maximum Gasteiger partial charge on any atom is 0.320 e. The maximum atomic E-state index is 12.1. The molecule has 0 bridgehead atoms. The van der Waals surface area contributed by atoms with Gasteiger partial charge in [-0.2, -0.15) is 5.10 Å². The van der Waals surface area contributed by atoms with Gasteiger partial charge in [-0.3, -0.25) is 10.1 Å². The largest absolute Gasteiger partial charge is 0.497 e. The molecule has 3 N–H and O–H groups in total. The SMILES string of the molecule is COc1cccc(-c2ccc3nc(NC(=O)NCCC(=O)NC(C)(C)C)cn3n2)c1. The lowest BCUT2D eigenvalue weighted by Gasteiger charge is -2.20. The second-order valence-electron chi connectivity index (χ2n) is 7.81. The Morgan fingerprint density at radius 3 is 2.70 bits per heavy atom. The highest BCUT2D eigenvalue weighted by molar-refractivity contribution is 5.89. The molecule has 9 nitrogen and oxygen atoms in total. The average Bonchev–Trinajstić information content (AvgIpc) is 3.07. The van der Waals surface area contributed by atoms with Crippen molar-refractivity contribution in [2.24, 2.45) is 0 Å². The number of nitrogens with zero attached hydrogens (tertiary/aromatic N) is 3. The highest BCUT2D eigenvalue weighted by Crippen LogP contribution is 2.22. The summed E-state index contributed by atoms with van der Waals surface area (Å²) in [5.41, 5.74) is 1.96. The summed E-state index contributed by atoms with van der Waals surface area (Å²) in [6, 6.07) is 10.8. The van der Waals surface area contributed by atoms with Gasteiger partial charge < -0.3 is 15.4 Å². The molecule has 30 heavy (non-hydrogen) atoms. The summed E-state index contributed by atoms with van der Waals surface area (Å²) in [7, 11) is 1.62. The van der Waals surface area contributed by atoms with Gasteiger partial charge in [0.05, 0.1) is 19.0 Å². The standard InChI is InChI=1S/C21H26N6O3/c1-21(2,3)25-19(28)10-11-22-20(29)24-17-13-27-18(23-17)9-8-16(26-27)14-6-5-7-15(12-14)30-4/h5-9,12-13H,10-11H2,1-4H3,(H,25,28)(H2,22,24,29). The lowest BCUT2D eigenvalue weighted by Crippen LogP contribution is -2.42. The molecule has 9 heteroatoms. The first kappa shape index (κ1) is 21.1. The Balaban J connectivity index is 1.60. The minimum absolute atomic E-state index is 0.121. The van der Waals surface area contributed by atoms with Crippen LogP contribution >= 0.6 is 0 Å². The van der Waals surface area contributed by atoms with Crippen LogP contribution in [0.2, 0.25) is 0 Å². The number of methoxy groups -OCH3 is 1. The van der Waals surface area contributed by atoms with Gasteiger partial charge >= 0.3 is 6.03 Å². The Bertz CT molecular complexity index is 1050. The third-order valence-corrected chi connectivity index (χ3v) is 4.08. The van der Waals surface area contributed by atoms with Crippen LogP contribution in [0.15, 0.2) is 42.6 Å². The van der Waals surface area contributed by atoms with E-state index in [1.807, 2.05) is 57.2 Å². The minimum Gasteiger partial charge on any atom is -0.497 e. The summed E-state index contributed by atoms with van der Waals surface area (Å²) < 4.78 is 6.85. The lowest BCUT2D eigenvalue weighted by atomic mass is 10.1. The number of benzene rings is 1. The van der Waals surface area contributed by atoms with Crippen LogP contribution in [0.1, 0.15) is 27.2 Å². The molecule has 3 aromatic rings. The molecular weight excluding hydrogens is 384 g/mol. The number of carbonyl (C=O) groups excluding carboxylic acids is 2. The fourth-order valence-corrected chi connectivity index (χ4v) is 2.81. The van der Waals surface area contributed by atoms with Crippen LogP contribution in [0.3, 0.4) is 0 Å². The molecule has 0 radical (unpaired) electrons. The summed E-state index contributed by atoms with van der Waals surface area (Å²) in [4.78, 5) is 28.2. The third-order valence-electron chi connectivity index (χ3n) is 4.08. The Kier molecular flexibility index (Phi) is 6.20. The lowest BCUT2D eigenvalue weighted by molar-refractivity contribution is -0.122. The van der Waals surface area contributed by atoms with E-state index in [2.05, 4.69) is 26.0 Å². The van der Waals surface area contributed by atoms with Gasteiger partial charge in [0.2, 0.25) is 5.91 Å². The molecule has 0 atom stereocenters. The van der Waals surface area contributed by atoms with Gasteiger partial charge in [0, 0.05) is 24.1 Å². The molecule has 3 rings (SSSR count). The Labute approximate surface area is 174 Å². The van der Waals surface area contributed by atoms with Crippen molar-refractivity contribution < 1.29 is 14.3 Å². The molecule has 0 saturated carbocycles. The molecule has 2 heterocycles. The molecule has 0 aliphatic heterocycles. The van der Waals surface area contributed by atoms with E-state index in [1.165, 1.54) is 0 Å². The number of anilines is 1. The van der Waals surface area contributed by atoms with Gasteiger partial charge in [-0.1, -0.05) is 12.1 Å². The first-order chi connectivity index (χ1) is 14.2. The first-order valence-electron chi connectivity index (χ1n) is 9.60. The Morgan fingerprint density at radius 2 is 1.97 bits per heavy atom. The number of carbonyl (C=O) groups is 2. The normalized spacial score (nSPS) is 11.2. The molecule has 0 saturated heterocycles. The van der Waals surface area contributed by atoms with Gasteiger partial charge in [-0.25, -0.2) is 14.3 Å². The summed E-state index contributed by atoms with van der Waals surface area (Å²) in [6.07, 6.45) is 1.83. The van der Waals surface area contributed by atoms with Gasteiger partial charge in [-0.15, -0.1) is 0 Å². The number of ether oxygens (including phenoxy) is 1. The van der Waals surface area contributed by atoms with Crippen LogP contribution in [0.5, 0.6) is 5.75 Å². The van der Waals surface area contributed by atoms with Crippen molar-refractivity contribution in [2.45, 2.75) is 32.7 Å². The van der Waals surface area contributed by atoms with E-state index in [9.17, 15) is 9.59 Å². The van der Waals surface area contributed by atoms with Crippen molar-refractivity contribution in [3.63, 3.8) is 0 Å². The number of hydrogen-bond acceptors (Lipinski definition) is 5. The van der Waals surface area contributed by atoms with Gasteiger partial charge in [0.1, 0.15) is 5.75 Å². The number of amides is 3. The smallest absolute Gasteiger partial charge is 0.320 e. The van der Waals surface area contributed by atoms with E-state index in [0.29, 0.717) is 11.5 Å².